The second kappa shape index (κ2) is 2.60. The zero-order valence-corrected chi connectivity index (χ0v) is 6.12. The van der Waals surface area contributed by atoms with E-state index >= 15 is 0 Å². The first kappa shape index (κ1) is 10.1. The van der Waals surface area contributed by atoms with E-state index in [2.05, 4.69) is 5.73 Å². The highest BCUT2D eigenvalue weighted by atomic mass is 19.4. The number of primary amides is 1. The van der Waals surface area contributed by atoms with Gasteiger partial charge in [0.25, 0.3) is 0 Å². The fraction of sp³-hybridized carbons (Fsp3) is 0.800. The molecule has 0 spiro atoms. The first-order valence-corrected chi connectivity index (χ1v) is 2.81. The number of nitrogens with two attached hydrogens (primary N) is 1. The number of amides is 2. The van der Waals surface area contributed by atoms with Crippen molar-refractivity contribution in [2.24, 2.45) is 5.73 Å². The molecule has 66 valence electrons. The molecule has 0 aliphatic carbocycles. The van der Waals surface area contributed by atoms with Crippen molar-refractivity contribution in [3.63, 3.8) is 0 Å². The highest BCUT2D eigenvalue weighted by Gasteiger charge is 2.48. The van der Waals surface area contributed by atoms with Crippen LogP contribution < -0.4 is 11.1 Å². The van der Waals surface area contributed by atoms with Gasteiger partial charge in [-0.15, -0.1) is 0 Å². The molecular weight excluding hydrogens is 161 g/mol. The van der Waals surface area contributed by atoms with Gasteiger partial charge >= 0.3 is 12.2 Å². The number of rotatable bonds is 1. The van der Waals surface area contributed by atoms with Crippen molar-refractivity contribution in [1.82, 2.24) is 5.32 Å². The van der Waals surface area contributed by atoms with E-state index in [1.165, 1.54) is 0 Å². The van der Waals surface area contributed by atoms with Gasteiger partial charge in [0, 0.05) is 0 Å². The SMILES string of the molecule is CC(C)(NC(N)=O)C(F)(F)F. The summed E-state index contributed by atoms with van der Waals surface area (Å²) in [6.45, 7) is 1.66. The van der Waals surface area contributed by atoms with Gasteiger partial charge in [-0.3, -0.25) is 0 Å². The molecule has 11 heavy (non-hydrogen) atoms. The number of alkyl halides is 3. The Morgan fingerprint density at radius 2 is 1.73 bits per heavy atom. The highest BCUT2D eigenvalue weighted by Crippen LogP contribution is 2.28. The highest BCUT2D eigenvalue weighted by molar-refractivity contribution is 5.72. The van der Waals surface area contributed by atoms with E-state index in [0.29, 0.717) is 0 Å². The summed E-state index contributed by atoms with van der Waals surface area (Å²) in [6.07, 6.45) is -4.48. The molecule has 0 saturated heterocycles. The van der Waals surface area contributed by atoms with E-state index in [-0.39, 0.29) is 0 Å². The topological polar surface area (TPSA) is 55.1 Å². The molecule has 0 saturated carbocycles. The maximum atomic E-state index is 11.9. The summed E-state index contributed by atoms with van der Waals surface area (Å²) in [5.41, 5.74) is 2.26. The molecule has 0 aromatic rings. The predicted molar refractivity (Wildman–Crippen MR) is 32.9 cm³/mol. The largest absolute Gasteiger partial charge is 0.411 e. The Labute approximate surface area is 61.7 Å². The standard InChI is InChI=1S/C5H9F3N2O/c1-4(2,5(6,7)8)10-3(9)11/h1-2H3,(H3,9,10,11). The molecule has 2 amide bonds. The van der Waals surface area contributed by atoms with Gasteiger partial charge in [0.05, 0.1) is 0 Å². The summed E-state index contributed by atoms with van der Waals surface area (Å²) in [5.74, 6) is 0. The van der Waals surface area contributed by atoms with Gasteiger partial charge in [0.2, 0.25) is 0 Å². The number of halogens is 3. The molecule has 6 heteroatoms. The van der Waals surface area contributed by atoms with Gasteiger partial charge in [-0.05, 0) is 13.8 Å². The number of hydrogen-bond donors (Lipinski definition) is 2. The Kier molecular flexibility index (Phi) is 2.37. The fourth-order valence-electron chi connectivity index (χ4n) is 0.379. The minimum atomic E-state index is -4.48. The monoisotopic (exact) mass is 170 g/mol. The van der Waals surface area contributed by atoms with Crippen molar-refractivity contribution in [3.8, 4) is 0 Å². The van der Waals surface area contributed by atoms with Crippen molar-refractivity contribution < 1.29 is 18.0 Å². The Hall–Kier alpha value is -0.940. The van der Waals surface area contributed by atoms with E-state index in [4.69, 9.17) is 0 Å². The summed E-state index contributed by atoms with van der Waals surface area (Å²) in [6, 6.07) is -1.19. The summed E-state index contributed by atoms with van der Waals surface area (Å²) >= 11 is 0. The Bertz CT molecular complexity index is 164. The van der Waals surface area contributed by atoms with Gasteiger partial charge in [-0.1, -0.05) is 0 Å². The Morgan fingerprint density at radius 1 is 1.36 bits per heavy atom. The second-order valence-electron chi connectivity index (χ2n) is 2.61. The van der Waals surface area contributed by atoms with Crippen LogP contribution in [0.2, 0.25) is 0 Å². The minimum Gasteiger partial charge on any atom is -0.352 e. The quantitative estimate of drug-likeness (QED) is 0.605. The summed E-state index contributed by atoms with van der Waals surface area (Å²) in [5, 5.41) is 1.57. The van der Waals surface area contributed by atoms with Crippen LogP contribution in [0.5, 0.6) is 0 Å². The lowest BCUT2D eigenvalue weighted by Gasteiger charge is -2.27. The molecule has 0 fully saturated rings. The Balaban J connectivity index is 4.34. The maximum Gasteiger partial charge on any atom is 0.411 e. The molecule has 0 heterocycles. The first-order chi connectivity index (χ1) is 4.67. The normalized spacial score (nSPS) is 12.8. The van der Waals surface area contributed by atoms with E-state index < -0.39 is 17.7 Å². The van der Waals surface area contributed by atoms with Crippen LogP contribution >= 0.6 is 0 Å². The van der Waals surface area contributed by atoms with Gasteiger partial charge in [-0.25, -0.2) is 4.79 Å². The molecule has 0 aromatic heterocycles. The van der Waals surface area contributed by atoms with Crippen molar-refractivity contribution in [3.05, 3.63) is 0 Å². The number of urea groups is 1. The summed E-state index contributed by atoms with van der Waals surface area (Å²) < 4.78 is 35.8. The molecular formula is C5H9F3N2O. The lowest BCUT2D eigenvalue weighted by Crippen LogP contribution is -2.55. The van der Waals surface area contributed by atoms with Crippen molar-refractivity contribution in [1.29, 1.82) is 0 Å². The van der Waals surface area contributed by atoms with Crippen LogP contribution in [0, 0.1) is 0 Å². The number of hydrogen-bond acceptors (Lipinski definition) is 1. The molecule has 0 bridgehead atoms. The van der Waals surface area contributed by atoms with Gasteiger partial charge in [0.15, 0.2) is 0 Å². The molecule has 0 unspecified atom stereocenters. The molecule has 0 aliphatic heterocycles. The van der Waals surface area contributed by atoms with Gasteiger partial charge in [0.1, 0.15) is 5.54 Å². The Morgan fingerprint density at radius 3 is 1.82 bits per heavy atom. The molecule has 0 aliphatic rings. The zero-order chi connectivity index (χ0) is 9.28. The van der Waals surface area contributed by atoms with Gasteiger partial charge < -0.3 is 11.1 Å². The molecule has 0 aromatic carbocycles. The fourth-order valence-corrected chi connectivity index (χ4v) is 0.379. The molecule has 0 radical (unpaired) electrons. The lowest BCUT2D eigenvalue weighted by atomic mass is 10.1. The molecule has 0 rings (SSSR count). The van der Waals surface area contributed by atoms with Crippen LogP contribution in [0.25, 0.3) is 0 Å². The third-order valence-corrected chi connectivity index (χ3v) is 1.14. The maximum absolute atomic E-state index is 11.9. The predicted octanol–water partition coefficient (Wildman–Crippen LogP) is 0.996. The van der Waals surface area contributed by atoms with Crippen molar-refractivity contribution >= 4 is 6.03 Å². The molecule has 3 nitrogen and oxygen atoms in total. The van der Waals surface area contributed by atoms with Gasteiger partial charge in [-0.2, -0.15) is 13.2 Å². The molecule has 0 atom stereocenters. The number of carbonyl (C=O) groups excluding carboxylic acids is 1. The summed E-state index contributed by atoms with van der Waals surface area (Å²) in [7, 11) is 0. The molecule has 3 N–H and O–H groups in total. The zero-order valence-electron chi connectivity index (χ0n) is 6.12. The number of nitrogens with one attached hydrogen (secondary N) is 1. The van der Waals surface area contributed by atoms with Crippen LogP contribution in [0.1, 0.15) is 13.8 Å². The van der Waals surface area contributed by atoms with Crippen LogP contribution in [0.15, 0.2) is 0 Å². The van der Waals surface area contributed by atoms with E-state index in [9.17, 15) is 18.0 Å². The average molecular weight is 170 g/mol. The van der Waals surface area contributed by atoms with E-state index in [0.717, 1.165) is 13.8 Å². The van der Waals surface area contributed by atoms with Crippen LogP contribution in [-0.2, 0) is 0 Å². The summed E-state index contributed by atoms with van der Waals surface area (Å²) in [4.78, 5) is 10.1. The van der Waals surface area contributed by atoms with Crippen molar-refractivity contribution in [2.75, 3.05) is 0 Å². The van der Waals surface area contributed by atoms with E-state index in [1.807, 2.05) is 0 Å². The lowest BCUT2D eigenvalue weighted by molar-refractivity contribution is -0.182. The minimum absolute atomic E-state index is 0.831. The second-order valence-corrected chi connectivity index (χ2v) is 2.61. The smallest absolute Gasteiger partial charge is 0.352 e. The number of carbonyl (C=O) groups is 1. The van der Waals surface area contributed by atoms with Crippen LogP contribution in [0.4, 0.5) is 18.0 Å². The first-order valence-electron chi connectivity index (χ1n) is 2.81. The third kappa shape index (κ3) is 2.65. The third-order valence-electron chi connectivity index (χ3n) is 1.14. The van der Waals surface area contributed by atoms with Crippen LogP contribution in [-0.4, -0.2) is 17.7 Å². The van der Waals surface area contributed by atoms with Crippen LogP contribution in [0.3, 0.4) is 0 Å². The van der Waals surface area contributed by atoms with E-state index in [1.54, 1.807) is 5.32 Å². The average Bonchev–Trinajstić information content (AvgIpc) is 1.56. The van der Waals surface area contributed by atoms with Crippen molar-refractivity contribution in [2.45, 2.75) is 25.6 Å².